The van der Waals surface area contributed by atoms with Crippen molar-refractivity contribution in [2.45, 2.75) is 19.4 Å². The summed E-state index contributed by atoms with van der Waals surface area (Å²) in [6.45, 7) is 1.91. The Morgan fingerprint density at radius 2 is 2.00 bits per heavy atom. The molecule has 0 aliphatic carbocycles. The Labute approximate surface area is 83.2 Å². The highest BCUT2D eigenvalue weighted by molar-refractivity contribution is 5.21. The second-order valence-electron chi connectivity index (χ2n) is 3.22. The highest BCUT2D eigenvalue weighted by Gasteiger charge is 2.16. The van der Waals surface area contributed by atoms with E-state index in [4.69, 9.17) is 11.0 Å². The third-order valence-corrected chi connectivity index (χ3v) is 2.29. The minimum Gasteiger partial charge on any atom is -0.323 e. The lowest BCUT2D eigenvalue weighted by Crippen LogP contribution is -2.19. The van der Waals surface area contributed by atoms with Crippen LogP contribution < -0.4 is 5.73 Å². The molecular weight excluding hydrogens is 179 g/mol. The molecule has 0 amide bonds. The summed E-state index contributed by atoms with van der Waals surface area (Å²) in [6.07, 6.45) is 0.703. The summed E-state index contributed by atoms with van der Waals surface area (Å²) >= 11 is 0. The predicted octanol–water partition coefficient (Wildman–Crippen LogP) is 2.38. The van der Waals surface area contributed by atoms with Gasteiger partial charge in [-0.05, 0) is 24.1 Å². The van der Waals surface area contributed by atoms with Crippen LogP contribution in [0.15, 0.2) is 24.3 Å². The van der Waals surface area contributed by atoms with Crippen LogP contribution >= 0.6 is 0 Å². The zero-order valence-electron chi connectivity index (χ0n) is 8.07. The van der Waals surface area contributed by atoms with Crippen LogP contribution in [0.1, 0.15) is 24.9 Å². The van der Waals surface area contributed by atoms with Crippen LogP contribution in [-0.4, -0.2) is 0 Å². The Bertz CT molecular complexity index is 326. The van der Waals surface area contributed by atoms with E-state index >= 15 is 0 Å². The molecule has 0 saturated heterocycles. The summed E-state index contributed by atoms with van der Waals surface area (Å²) in [5.74, 6) is -0.494. The molecule has 2 atom stereocenters. The van der Waals surface area contributed by atoms with Crippen LogP contribution in [0.25, 0.3) is 0 Å². The second-order valence-corrected chi connectivity index (χ2v) is 3.22. The monoisotopic (exact) mass is 192 g/mol. The first-order chi connectivity index (χ1) is 6.69. The minimum absolute atomic E-state index is 0.208. The van der Waals surface area contributed by atoms with Crippen LogP contribution in [0.5, 0.6) is 0 Å². The van der Waals surface area contributed by atoms with Crippen molar-refractivity contribution >= 4 is 0 Å². The van der Waals surface area contributed by atoms with Crippen molar-refractivity contribution in [3.63, 3.8) is 0 Å². The van der Waals surface area contributed by atoms with Gasteiger partial charge in [0.1, 0.15) is 5.82 Å². The van der Waals surface area contributed by atoms with E-state index in [1.54, 1.807) is 12.1 Å². The third kappa shape index (κ3) is 2.30. The number of halogens is 1. The van der Waals surface area contributed by atoms with E-state index < -0.39 is 0 Å². The summed E-state index contributed by atoms with van der Waals surface area (Å²) in [5.41, 5.74) is 6.67. The topological polar surface area (TPSA) is 49.8 Å². The van der Waals surface area contributed by atoms with Gasteiger partial charge >= 0.3 is 0 Å². The van der Waals surface area contributed by atoms with Gasteiger partial charge in [0.25, 0.3) is 0 Å². The minimum atomic E-state index is -0.328. The number of hydrogen-bond donors (Lipinski definition) is 1. The molecule has 2 unspecified atom stereocenters. The summed E-state index contributed by atoms with van der Waals surface area (Å²) in [4.78, 5) is 0. The van der Waals surface area contributed by atoms with Gasteiger partial charge in [0.2, 0.25) is 0 Å². The van der Waals surface area contributed by atoms with Gasteiger partial charge in [0.05, 0.1) is 12.0 Å². The first kappa shape index (κ1) is 10.7. The maximum absolute atomic E-state index is 12.6. The number of hydrogen-bond acceptors (Lipinski definition) is 2. The smallest absolute Gasteiger partial charge is 0.123 e. The van der Waals surface area contributed by atoms with Gasteiger partial charge in [-0.3, -0.25) is 0 Å². The average molecular weight is 192 g/mol. The van der Waals surface area contributed by atoms with E-state index in [1.807, 2.05) is 6.92 Å². The SMILES string of the molecule is CCC(C#N)C(N)c1ccc(F)cc1. The number of benzene rings is 1. The standard InChI is InChI=1S/C11H13FN2/c1-2-8(7-13)11(14)9-3-5-10(12)6-4-9/h3-6,8,11H,2,14H2,1H3. The van der Waals surface area contributed by atoms with Crippen LogP contribution in [0, 0.1) is 23.1 Å². The molecule has 0 heterocycles. The van der Waals surface area contributed by atoms with Crippen LogP contribution in [0.3, 0.4) is 0 Å². The molecule has 1 aromatic carbocycles. The number of nitriles is 1. The molecule has 2 nitrogen and oxygen atoms in total. The summed E-state index contributed by atoms with van der Waals surface area (Å²) in [5, 5.41) is 8.81. The number of nitrogens with zero attached hydrogens (tertiary/aromatic N) is 1. The molecule has 0 aliphatic rings. The van der Waals surface area contributed by atoms with Gasteiger partial charge in [-0.15, -0.1) is 0 Å². The molecular formula is C11H13FN2. The predicted molar refractivity (Wildman–Crippen MR) is 52.7 cm³/mol. The Morgan fingerprint density at radius 3 is 2.43 bits per heavy atom. The molecule has 74 valence electrons. The Morgan fingerprint density at radius 1 is 1.43 bits per heavy atom. The molecule has 14 heavy (non-hydrogen) atoms. The van der Waals surface area contributed by atoms with Crippen molar-refractivity contribution in [1.29, 1.82) is 5.26 Å². The maximum Gasteiger partial charge on any atom is 0.123 e. The number of nitrogens with two attached hydrogens (primary N) is 1. The van der Waals surface area contributed by atoms with Crippen molar-refractivity contribution in [2.75, 3.05) is 0 Å². The summed E-state index contributed by atoms with van der Waals surface area (Å²) in [6, 6.07) is 7.79. The van der Waals surface area contributed by atoms with E-state index in [0.29, 0.717) is 6.42 Å². The lowest BCUT2D eigenvalue weighted by atomic mass is 9.93. The first-order valence-corrected chi connectivity index (χ1v) is 4.59. The average Bonchev–Trinajstić information content (AvgIpc) is 2.20. The molecule has 3 heteroatoms. The summed E-state index contributed by atoms with van der Waals surface area (Å²) < 4.78 is 12.6. The van der Waals surface area contributed by atoms with Crippen molar-refractivity contribution in [3.8, 4) is 6.07 Å². The number of rotatable bonds is 3. The quantitative estimate of drug-likeness (QED) is 0.799. The van der Waals surface area contributed by atoms with Gasteiger partial charge in [-0.25, -0.2) is 4.39 Å². The molecule has 2 N–H and O–H groups in total. The van der Waals surface area contributed by atoms with Gasteiger partial charge < -0.3 is 5.73 Å². The Hall–Kier alpha value is -1.40. The lowest BCUT2D eigenvalue weighted by Gasteiger charge is -2.16. The molecule has 0 aromatic heterocycles. The molecule has 1 rings (SSSR count). The van der Waals surface area contributed by atoms with Gasteiger partial charge in [-0.1, -0.05) is 19.1 Å². The zero-order chi connectivity index (χ0) is 10.6. The van der Waals surface area contributed by atoms with E-state index in [-0.39, 0.29) is 17.8 Å². The van der Waals surface area contributed by atoms with Gasteiger partial charge in [0.15, 0.2) is 0 Å². The van der Waals surface area contributed by atoms with E-state index in [0.717, 1.165) is 5.56 Å². The fraction of sp³-hybridized carbons (Fsp3) is 0.364. The zero-order valence-corrected chi connectivity index (χ0v) is 8.07. The fourth-order valence-corrected chi connectivity index (χ4v) is 1.34. The van der Waals surface area contributed by atoms with E-state index in [9.17, 15) is 4.39 Å². The first-order valence-electron chi connectivity index (χ1n) is 4.59. The van der Waals surface area contributed by atoms with Crippen LogP contribution in [-0.2, 0) is 0 Å². The molecule has 0 saturated carbocycles. The molecule has 0 aliphatic heterocycles. The van der Waals surface area contributed by atoms with Crippen LogP contribution in [0.2, 0.25) is 0 Å². The van der Waals surface area contributed by atoms with Gasteiger partial charge in [0, 0.05) is 6.04 Å². The molecule has 0 spiro atoms. The molecule has 0 bridgehead atoms. The highest BCUT2D eigenvalue weighted by atomic mass is 19.1. The summed E-state index contributed by atoms with van der Waals surface area (Å²) in [7, 11) is 0. The Balaban J connectivity index is 2.84. The highest BCUT2D eigenvalue weighted by Crippen LogP contribution is 2.21. The normalized spacial score (nSPS) is 14.4. The molecule has 0 fully saturated rings. The van der Waals surface area contributed by atoms with Crippen LogP contribution in [0.4, 0.5) is 4.39 Å². The van der Waals surface area contributed by atoms with Crippen molar-refractivity contribution in [2.24, 2.45) is 11.7 Å². The van der Waals surface area contributed by atoms with E-state index in [2.05, 4.69) is 6.07 Å². The molecule has 1 aromatic rings. The van der Waals surface area contributed by atoms with Gasteiger partial charge in [-0.2, -0.15) is 5.26 Å². The van der Waals surface area contributed by atoms with Crippen molar-refractivity contribution < 1.29 is 4.39 Å². The Kier molecular flexibility index (Phi) is 3.61. The maximum atomic E-state index is 12.6. The third-order valence-electron chi connectivity index (χ3n) is 2.29. The largest absolute Gasteiger partial charge is 0.323 e. The van der Waals surface area contributed by atoms with Crippen molar-refractivity contribution in [3.05, 3.63) is 35.6 Å². The van der Waals surface area contributed by atoms with Crippen molar-refractivity contribution in [1.82, 2.24) is 0 Å². The second kappa shape index (κ2) is 4.73. The van der Waals surface area contributed by atoms with E-state index in [1.165, 1.54) is 12.1 Å². The lowest BCUT2D eigenvalue weighted by molar-refractivity contribution is 0.516. The molecule has 0 radical (unpaired) electrons. The fourth-order valence-electron chi connectivity index (χ4n) is 1.34.